The van der Waals surface area contributed by atoms with E-state index in [-0.39, 0.29) is 0 Å². The van der Waals surface area contributed by atoms with Crippen LogP contribution in [-0.4, -0.2) is 0 Å². The number of benzene rings is 6. The summed E-state index contributed by atoms with van der Waals surface area (Å²) in [6.45, 7) is 0. The Bertz CT molecular complexity index is 2460. The molecule has 50 heavy (non-hydrogen) atoms. The van der Waals surface area contributed by atoms with Crippen molar-refractivity contribution in [1.82, 2.24) is 0 Å². The maximum absolute atomic E-state index is 5.66. The highest BCUT2D eigenvalue weighted by Crippen LogP contribution is 2.13. The van der Waals surface area contributed by atoms with Gasteiger partial charge in [0.15, 0.2) is 0 Å². The van der Waals surface area contributed by atoms with Crippen molar-refractivity contribution in [2.75, 3.05) is 0 Å². The molecule has 0 aliphatic heterocycles. The fourth-order valence-corrected chi connectivity index (χ4v) is 4.91. The van der Waals surface area contributed by atoms with Gasteiger partial charge in [0.05, 0.1) is 0 Å². The highest BCUT2D eigenvalue weighted by Gasteiger charge is 2.02. The van der Waals surface area contributed by atoms with Gasteiger partial charge in [0.25, 0.3) is 0 Å². The molecule has 0 fully saturated rings. The van der Waals surface area contributed by atoms with Crippen LogP contribution in [0.25, 0.3) is 0 Å². The lowest BCUT2D eigenvalue weighted by Gasteiger charge is -1.99. The number of rotatable bonds is 0. The van der Waals surface area contributed by atoms with Gasteiger partial charge < -0.3 is 0 Å². The largest absolute Gasteiger partial charge is 0.115 e. The summed E-state index contributed by atoms with van der Waals surface area (Å²) >= 11 is 0. The highest BCUT2D eigenvalue weighted by molar-refractivity contribution is 5.62. The summed E-state index contributed by atoms with van der Waals surface area (Å²) in [5.41, 5.74) is 9.74. The first kappa shape index (κ1) is 32.2. The molecule has 6 aromatic rings. The summed E-state index contributed by atoms with van der Waals surface area (Å²) in [4.78, 5) is 0. The van der Waals surface area contributed by atoms with Crippen LogP contribution in [0.1, 0.15) is 66.8 Å². The van der Waals surface area contributed by atoms with Gasteiger partial charge in [-0.1, -0.05) is 144 Å². The summed E-state index contributed by atoms with van der Waals surface area (Å²) in [5.74, 6) is 38.2. The van der Waals surface area contributed by atoms with E-state index in [1.165, 1.54) is 0 Å². The molecule has 0 saturated heterocycles. The second-order valence-corrected chi connectivity index (χ2v) is 10.8. The van der Waals surface area contributed by atoms with Crippen molar-refractivity contribution in [3.8, 4) is 83.9 Å². The Morgan fingerprint density at radius 1 is 0.200 bits per heavy atom. The average molecular weight is 627 g/mol. The Balaban J connectivity index is 1.28. The SMILES string of the molecule is C#Cc1ccccc1C#Cc1ccccc1C#Cc1ccccc1C#Cc1ccccc1C#Cc1ccccc1C#Cc1ccccc1C#C. The van der Waals surface area contributed by atoms with Gasteiger partial charge in [-0.05, 0) is 72.8 Å². The fraction of sp³-hybridized carbons (Fsp3) is 0. The zero-order chi connectivity index (χ0) is 34.4. The van der Waals surface area contributed by atoms with Crippen molar-refractivity contribution in [3.63, 3.8) is 0 Å². The molecule has 0 amide bonds. The molecule has 6 aromatic carbocycles. The first-order valence-corrected chi connectivity index (χ1v) is 15.8. The van der Waals surface area contributed by atoms with Crippen LogP contribution in [0.2, 0.25) is 0 Å². The molecule has 0 unspecified atom stereocenters. The highest BCUT2D eigenvalue weighted by atomic mass is 14.0. The summed E-state index contributed by atoms with van der Waals surface area (Å²) in [6.07, 6.45) is 11.3. The predicted molar refractivity (Wildman–Crippen MR) is 204 cm³/mol. The maximum atomic E-state index is 5.66. The lowest BCUT2D eigenvalue weighted by molar-refractivity contribution is 1.55. The Hall–Kier alpha value is -7.76. The normalized spacial score (nSPS) is 9.16. The monoisotopic (exact) mass is 626 g/mol. The van der Waals surface area contributed by atoms with E-state index in [0.717, 1.165) is 66.8 Å². The number of hydrogen-bond donors (Lipinski definition) is 0. The van der Waals surface area contributed by atoms with E-state index in [1.54, 1.807) is 0 Å². The summed E-state index contributed by atoms with van der Waals surface area (Å²) in [6, 6.07) is 46.7. The molecule has 0 nitrogen and oxygen atoms in total. The molecule has 0 aliphatic rings. The molecule has 0 saturated carbocycles. The van der Waals surface area contributed by atoms with E-state index < -0.39 is 0 Å². The Labute approximate surface area is 295 Å². The number of hydrogen-bond acceptors (Lipinski definition) is 0. The van der Waals surface area contributed by atoms with E-state index >= 15 is 0 Å². The minimum atomic E-state index is 0.765. The van der Waals surface area contributed by atoms with Gasteiger partial charge in [-0.15, -0.1) is 12.8 Å². The molecule has 0 radical (unpaired) electrons. The third-order valence-electron chi connectivity index (χ3n) is 7.53. The van der Waals surface area contributed by atoms with Crippen molar-refractivity contribution >= 4 is 0 Å². The molecule has 0 atom stereocenters. The van der Waals surface area contributed by atoms with Crippen LogP contribution in [-0.2, 0) is 0 Å². The second-order valence-electron chi connectivity index (χ2n) is 10.8. The second kappa shape index (κ2) is 16.2. The molecule has 0 spiro atoms. The van der Waals surface area contributed by atoms with Gasteiger partial charge in [-0.3, -0.25) is 0 Å². The Morgan fingerprint density at radius 2 is 0.320 bits per heavy atom. The molecule has 6 rings (SSSR count). The third-order valence-corrected chi connectivity index (χ3v) is 7.53. The molecular weight excluding hydrogens is 601 g/mol. The number of terminal acetylenes is 2. The molecule has 0 aliphatic carbocycles. The zero-order valence-corrected chi connectivity index (χ0v) is 27.0. The topological polar surface area (TPSA) is 0 Å². The third kappa shape index (κ3) is 8.14. The molecule has 0 heterocycles. The minimum Gasteiger partial charge on any atom is -0.115 e. The van der Waals surface area contributed by atoms with Crippen LogP contribution in [0.5, 0.6) is 0 Å². The zero-order valence-electron chi connectivity index (χ0n) is 27.0. The van der Waals surface area contributed by atoms with Crippen molar-refractivity contribution in [2.24, 2.45) is 0 Å². The minimum absolute atomic E-state index is 0.765. The molecular formula is C50H26. The van der Waals surface area contributed by atoms with E-state index in [2.05, 4.69) is 71.0 Å². The van der Waals surface area contributed by atoms with Crippen molar-refractivity contribution in [3.05, 3.63) is 212 Å². The quantitative estimate of drug-likeness (QED) is 0.148. The smallest absolute Gasteiger partial charge is 0.0405 e. The maximum Gasteiger partial charge on any atom is 0.0405 e. The first-order valence-electron chi connectivity index (χ1n) is 15.8. The molecule has 0 heteroatoms. The van der Waals surface area contributed by atoms with Crippen molar-refractivity contribution < 1.29 is 0 Å². The van der Waals surface area contributed by atoms with Gasteiger partial charge in [0.1, 0.15) is 0 Å². The van der Waals surface area contributed by atoms with Crippen LogP contribution in [0.3, 0.4) is 0 Å². The van der Waals surface area contributed by atoms with E-state index in [9.17, 15) is 0 Å². The first-order chi connectivity index (χ1) is 24.7. The lowest BCUT2D eigenvalue weighted by Crippen LogP contribution is -1.88. The van der Waals surface area contributed by atoms with Crippen LogP contribution in [0, 0.1) is 83.9 Å². The molecule has 0 aromatic heterocycles. The van der Waals surface area contributed by atoms with Gasteiger partial charge in [-0.25, -0.2) is 0 Å². The van der Waals surface area contributed by atoms with Gasteiger partial charge in [0.2, 0.25) is 0 Å². The van der Waals surface area contributed by atoms with E-state index in [0.29, 0.717) is 0 Å². The molecule has 0 bridgehead atoms. The molecule has 0 N–H and O–H groups in total. The van der Waals surface area contributed by atoms with Crippen molar-refractivity contribution in [2.45, 2.75) is 0 Å². The predicted octanol–water partition coefficient (Wildman–Crippen LogP) is 8.65. The van der Waals surface area contributed by atoms with Crippen LogP contribution < -0.4 is 0 Å². The standard InChI is InChI=1S/C50H26/c1-3-39-17-5-7-19-41(39)29-31-43-21-9-11-23-45(43)33-35-47-25-13-15-27-49(47)37-38-50-28-16-14-26-48(50)36-34-46-24-12-10-22-44(46)32-30-42-20-8-6-18-40(42)4-2/h1-2,5-28H. The van der Waals surface area contributed by atoms with E-state index in [1.807, 2.05) is 146 Å². The Morgan fingerprint density at radius 3 is 0.460 bits per heavy atom. The Kier molecular flexibility index (Phi) is 10.4. The van der Waals surface area contributed by atoms with Crippen LogP contribution in [0.4, 0.5) is 0 Å². The van der Waals surface area contributed by atoms with Gasteiger partial charge in [-0.2, -0.15) is 0 Å². The van der Waals surface area contributed by atoms with Crippen molar-refractivity contribution in [1.29, 1.82) is 0 Å². The molecule has 226 valence electrons. The van der Waals surface area contributed by atoms with Crippen LogP contribution >= 0.6 is 0 Å². The van der Waals surface area contributed by atoms with Gasteiger partial charge in [0, 0.05) is 66.8 Å². The summed E-state index contributed by atoms with van der Waals surface area (Å²) in [5, 5.41) is 0. The fourth-order valence-electron chi connectivity index (χ4n) is 4.91. The van der Waals surface area contributed by atoms with Crippen LogP contribution in [0.15, 0.2) is 146 Å². The summed E-state index contributed by atoms with van der Waals surface area (Å²) in [7, 11) is 0. The van der Waals surface area contributed by atoms with Gasteiger partial charge >= 0.3 is 0 Å². The van der Waals surface area contributed by atoms with E-state index in [4.69, 9.17) is 12.8 Å². The summed E-state index contributed by atoms with van der Waals surface area (Å²) < 4.78 is 0. The average Bonchev–Trinajstić information content (AvgIpc) is 3.18. The lowest BCUT2D eigenvalue weighted by atomic mass is 10.0.